The SMILES string of the molecule is C=CCC12CCCC3(C)CN(C(=O)OC(C)(C)C)C1c1ccc(OI(OC(C)=O)c4ccccc4)cc1CCC32. The maximum absolute atomic E-state index is 13.8. The van der Waals surface area contributed by atoms with Crippen LogP contribution in [0.25, 0.3) is 0 Å². The van der Waals surface area contributed by atoms with Crippen molar-refractivity contribution in [2.75, 3.05) is 6.54 Å². The van der Waals surface area contributed by atoms with Crippen LogP contribution < -0.4 is 3.07 Å². The van der Waals surface area contributed by atoms with Gasteiger partial charge in [-0.25, -0.2) is 0 Å². The molecule has 216 valence electrons. The van der Waals surface area contributed by atoms with Gasteiger partial charge in [0.2, 0.25) is 0 Å². The minimum atomic E-state index is -2.72. The Bertz CT molecular complexity index is 1270. The van der Waals surface area contributed by atoms with Crippen molar-refractivity contribution in [3.05, 3.63) is 75.9 Å². The fraction of sp³-hybridized carbons (Fsp3) is 0.515. The number of allylic oxidation sites excluding steroid dienone is 1. The van der Waals surface area contributed by atoms with Crippen molar-refractivity contribution in [2.45, 2.75) is 84.8 Å². The fourth-order valence-corrected chi connectivity index (χ4v) is 10.5. The van der Waals surface area contributed by atoms with Crippen LogP contribution in [0, 0.1) is 20.3 Å². The standard InChI is InChI=1S/C33H42INO5/c1-7-18-33-20-11-19-32(6)22-35(30(37)38-31(3,4)5)29(33)27-16-15-26(21-24(27)14-17-28(32)33)40-34(39-23(2)36)25-12-9-8-10-13-25/h7-10,12-13,15-16,21,28-29H,1,11,14,17-20,22H2,2-6H3. The van der Waals surface area contributed by atoms with Crippen LogP contribution >= 0.6 is 20.6 Å². The van der Waals surface area contributed by atoms with Gasteiger partial charge in [-0.15, -0.1) is 0 Å². The molecule has 6 nitrogen and oxygen atoms in total. The van der Waals surface area contributed by atoms with Gasteiger partial charge in [-0.1, -0.05) is 0 Å². The molecule has 2 aromatic rings. The van der Waals surface area contributed by atoms with Gasteiger partial charge in [-0.2, -0.15) is 0 Å². The molecule has 40 heavy (non-hydrogen) atoms. The summed E-state index contributed by atoms with van der Waals surface area (Å²) in [4.78, 5) is 27.8. The van der Waals surface area contributed by atoms with Crippen LogP contribution in [-0.4, -0.2) is 29.1 Å². The van der Waals surface area contributed by atoms with Gasteiger partial charge >= 0.3 is 248 Å². The van der Waals surface area contributed by atoms with Gasteiger partial charge in [0.05, 0.1) is 0 Å². The Morgan fingerprint density at radius 2 is 1.90 bits per heavy atom. The topological polar surface area (TPSA) is 65.1 Å². The summed E-state index contributed by atoms with van der Waals surface area (Å²) >= 11 is -2.72. The van der Waals surface area contributed by atoms with E-state index in [0.717, 1.165) is 42.1 Å². The van der Waals surface area contributed by atoms with E-state index < -0.39 is 26.3 Å². The van der Waals surface area contributed by atoms with E-state index >= 15 is 0 Å². The average Bonchev–Trinajstić information content (AvgIpc) is 2.97. The van der Waals surface area contributed by atoms with E-state index in [4.69, 9.17) is 10.9 Å². The van der Waals surface area contributed by atoms with Crippen LogP contribution in [-0.2, 0) is 19.0 Å². The summed E-state index contributed by atoms with van der Waals surface area (Å²) in [7, 11) is 0. The van der Waals surface area contributed by atoms with Gasteiger partial charge in [0, 0.05) is 0 Å². The number of ether oxygens (including phenoxy) is 1. The van der Waals surface area contributed by atoms with Gasteiger partial charge in [0.15, 0.2) is 0 Å². The second kappa shape index (κ2) is 11.0. The van der Waals surface area contributed by atoms with E-state index in [9.17, 15) is 9.59 Å². The van der Waals surface area contributed by atoms with Gasteiger partial charge < -0.3 is 0 Å². The number of carbonyl (C=O) groups is 2. The van der Waals surface area contributed by atoms with Crippen molar-refractivity contribution in [2.24, 2.45) is 16.7 Å². The normalized spacial score (nSPS) is 27.5. The summed E-state index contributed by atoms with van der Waals surface area (Å²) in [5.41, 5.74) is 1.74. The van der Waals surface area contributed by atoms with Crippen molar-refractivity contribution in [3.63, 3.8) is 0 Å². The molecule has 4 atom stereocenters. The van der Waals surface area contributed by atoms with Crippen molar-refractivity contribution >= 4 is 32.7 Å². The molecule has 4 unspecified atom stereocenters. The Balaban J connectivity index is 1.57. The van der Waals surface area contributed by atoms with Gasteiger partial charge in [-0.3, -0.25) is 0 Å². The monoisotopic (exact) mass is 659 g/mol. The Morgan fingerprint density at radius 3 is 2.58 bits per heavy atom. The van der Waals surface area contributed by atoms with Crippen molar-refractivity contribution in [1.29, 1.82) is 0 Å². The summed E-state index contributed by atoms with van der Waals surface area (Å²) in [6.45, 7) is 14.5. The average molecular weight is 660 g/mol. The van der Waals surface area contributed by atoms with Crippen molar-refractivity contribution in [3.8, 4) is 5.75 Å². The first-order valence-electron chi connectivity index (χ1n) is 14.3. The van der Waals surface area contributed by atoms with Crippen LogP contribution in [0.1, 0.15) is 83.9 Å². The number of hydrogen-bond donors (Lipinski definition) is 0. The number of rotatable bonds is 6. The molecule has 0 spiro atoms. The molecule has 0 radical (unpaired) electrons. The number of piperidine rings is 1. The second-order valence-electron chi connectivity index (χ2n) is 12.9. The third-order valence-corrected chi connectivity index (χ3v) is 12.5. The van der Waals surface area contributed by atoms with Gasteiger partial charge in [0.1, 0.15) is 0 Å². The van der Waals surface area contributed by atoms with Crippen LogP contribution in [0.2, 0.25) is 0 Å². The molecule has 3 aliphatic rings. The number of carbonyl (C=O) groups excluding carboxylic acids is 2. The molecule has 1 saturated heterocycles. The Labute approximate surface area is 246 Å². The van der Waals surface area contributed by atoms with Crippen LogP contribution in [0.3, 0.4) is 0 Å². The van der Waals surface area contributed by atoms with Crippen molar-refractivity contribution < 1.29 is 20.5 Å². The molecule has 0 aromatic heterocycles. The first kappa shape index (κ1) is 29.0. The summed E-state index contributed by atoms with van der Waals surface area (Å²) in [6.07, 6.45) is 8.00. The number of hydrogen-bond acceptors (Lipinski definition) is 5. The first-order valence-corrected chi connectivity index (χ1v) is 17.2. The molecule has 2 aliphatic carbocycles. The quantitative estimate of drug-likeness (QED) is 0.230. The molecule has 2 fully saturated rings. The Morgan fingerprint density at radius 1 is 1.15 bits per heavy atom. The molecule has 0 N–H and O–H groups in total. The summed E-state index contributed by atoms with van der Waals surface area (Å²) in [5, 5.41) is 0. The number of benzene rings is 2. The van der Waals surface area contributed by atoms with E-state index in [1.165, 1.54) is 18.1 Å². The summed E-state index contributed by atoms with van der Waals surface area (Å²) in [6, 6.07) is 15.9. The zero-order chi connectivity index (χ0) is 28.7. The first-order chi connectivity index (χ1) is 19.0. The number of halogens is 1. The van der Waals surface area contributed by atoms with E-state index in [0.29, 0.717) is 18.2 Å². The molecule has 1 heterocycles. The van der Waals surface area contributed by atoms with E-state index in [1.54, 1.807) is 0 Å². The predicted octanol–water partition coefficient (Wildman–Crippen LogP) is 8.44. The van der Waals surface area contributed by atoms with Crippen LogP contribution in [0.4, 0.5) is 4.79 Å². The Hall–Kier alpha value is -2.55. The molecular formula is C33H42INO5. The number of amides is 1. The summed E-state index contributed by atoms with van der Waals surface area (Å²) in [5.74, 6) is 0.847. The molecular weight excluding hydrogens is 617 g/mol. The minimum absolute atomic E-state index is 0.0254. The molecule has 2 aromatic carbocycles. The Kier molecular flexibility index (Phi) is 7.98. The van der Waals surface area contributed by atoms with Crippen LogP contribution in [0.15, 0.2) is 61.2 Å². The van der Waals surface area contributed by atoms with Crippen LogP contribution in [0.5, 0.6) is 5.75 Å². The molecule has 1 saturated carbocycles. The number of nitrogens with zero attached hydrogens (tertiary/aromatic N) is 1. The molecule has 7 heteroatoms. The van der Waals surface area contributed by atoms with Gasteiger partial charge in [-0.05, 0) is 0 Å². The van der Waals surface area contributed by atoms with E-state index in [-0.39, 0.29) is 28.9 Å². The zero-order valence-electron chi connectivity index (χ0n) is 24.4. The van der Waals surface area contributed by atoms with Crippen molar-refractivity contribution in [1.82, 2.24) is 4.90 Å². The number of fused-ring (bicyclic) bond motifs is 2. The molecule has 4 bridgehead atoms. The zero-order valence-corrected chi connectivity index (χ0v) is 26.5. The molecule has 5 rings (SSSR count). The number of likely N-dealkylation sites (tertiary alicyclic amines) is 1. The number of aryl methyl sites for hydroxylation is 1. The van der Waals surface area contributed by atoms with E-state index in [1.807, 2.05) is 62.1 Å². The second-order valence-corrected chi connectivity index (χ2v) is 16.2. The summed E-state index contributed by atoms with van der Waals surface area (Å²) < 4.78 is 19.1. The fourth-order valence-electron chi connectivity index (χ4n) is 7.61. The molecule has 1 aliphatic heterocycles. The van der Waals surface area contributed by atoms with E-state index in [2.05, 4.69) is 31.7 Å². The predicted molar refractivity (Wildman–Crippen MR) is 165 cm³/mol. The van der Waals surface area contributed by atoms with Gasteiger partial charge in [0.25, 0.3) is 0 Å². The third-order valence-electron chi connectivity index (χ3n) is 8.83. The third kappa shape index (κ3) is 5.50. The molecule has 1 amide bonds. The maximum atomic E-state index is 13.8.